The first-order valence-corrected chi connectivity index (χ1v) is 10.5. The molecule has 1 aromatic heterocycles. The monoisotopic (exact) mass is 435 g/mol. The van der Waals surface area contributed by atoms with E-state index in [0.29, 0.717) is 42.5 Å². The van der Waals surface area contributed by atoms with Gasteiger partial charge in [0.05, 0.1) is 0 Å². The highest BCUT2D eigenvalue weighted by atomic mass is 35.5. The molecule has 1 aliphatic heterocycles. The molecule has 6 nitrogen and oxygen atoms in total. The quantitative estimate of drug-likeness (QED) is 0.600. The summed E-state index contributed by atoms with van der Waals surface area (Å²) in [6, 6.07) is 20.3. The number of fused-ring (bicyclic) bond motifs is 1. The van der Waals surface area contributed by atoms with Gasteiger partial charge < -0.3 is 10.1 Å². The zero-order valence-corrected chi connectivity index (χ0v) is 17.6. The van der Waals surface area contributed by atoms with Crippen LogP contribution in [-0.2, 0) is 16.1 Å². The number of rotatable bonds is 7. The van der Waals surface area contributed by atoms with Crippen LogP contribution < -0.4 is 15.0 Å². The molecule has 1 N–H and O–H groups in total. The summed E-state index contributed by atoms with van der Waals surface area (Å²) in [4.78, 5) is 31.4. The van der Waals surface area contributed by atoms with Crippen molar-refractivity contribution in [3.63, 3.8) is 0 Å². The number of carbonyl (C=O) groups is 2. The number of pyridine rings is 1. The number of aromatic nitrogens is 1. The number of carbonyl (C=O) groups excluding carboxylic acids is 2. The molecule has 1 atom stereocenters. The maximum atomic E-state index is 13.2. The summed E-state index contributed by atoms with van der Waals surface area (Å²) < 4.78 is 5.94. The van der Waals surface area contributed by atoms with E-state index in [4.69, 9.17) is 16.3 Å². The molecule has 0 radical (unpaired) electrons. The molecule has 0 spiro atoms. The Morgan fingerprint density at radius 3 is 2.74 bits per heavy atom. The fourth-order valence-electron chi connectivity index (χ4n) is 3.49. The van der Waals surface area contributed by atoms with Crippen molar-refractivity contribution in [2.45, 2.75) is 25.5 Å². The molecule has 31 heavy (non-hydrogen) atoms. The topological polar surface area (TPSA) is 71.5 Å². The van der Waals surface area contributed by atoms with Crippen molar-refractivity contribution in [2.24, 2.45) is 0 Å². The fourth-order valence-corrected chi connectivity index (χ4v) is 3.70. The van der Waals surface area contributed by atoms with Crippen LogP contribution in [0, 0.1) is 0 Å². The van der Waals surface area contributed by atoms with Gasteiger partial charge in [-0.2, -0.15) is 0 Å². The molecule has 0 saturated heterocycles. The van der Waals surface area contributed by atoms with Gasteiger partial charge in [-0.1, -0.05) is 54.1 Å². The standard InChI is InChI=1S/C24H22ClN3O3/c25-19-10-4-7-17(15-19)16-27-21(29)12-6-14-28-23-20(11-5-13-26-23)31-22(24(28)30)18-8-2-1-3-9-18/h1-5,7-11,13,15,22H,6,12,14,16H2,(H,27,29)/t22-/m0/s1. The van der Waals surface area contributed by atoms with Gasteiger partial charge in [0.1, 0.15) is 0 Å². The summed E-state index contributed by atoms with van der Waals surface area (Å²) in [6.45, 7) is 0.788. The van der Waals surface area contributed by atoms with Gasteiger partial charge in [-0.25, -0.2) is 4.98 Å². The molecule has 158 valence electrons. The molecule has 0 unspecified atom stereocenters. The van der Waals surface area contributed by atoms with E-state index in [-0.39, 0.29) is 11.8 Å². The van der Waals surface area contributed by atoms with Crippen LogP contribution >= 0.6 is 11.6 Å². The number of nitrogens with one attached hydrogen (secondary N) is 1. The molecule has 3 aromatic rings. The van der Waals surface area contributed by atoms with Crippen LogP contribution in [0.1, 0.15) is 30.1 Å². The Morgan fingerprint density at radius 1 is 1.10 bits per heavy atom. The summed E-state index contributed by atoms with van der Waals surface area (Å²) >= 11 is 5.97. The van der Waals surface area contributed by atoms with Gasteiger partial charge in [0.25, 0.3) is 5.91 Å². The lowest BCUT2D eigenvalue weighted by molar-refractivity contribution is -0.127. The van der Waals surface area contributed by atoms with Crippen molar-refractivity contribution in [1.29, 1.82) is 0 Å². The second-order valence-corrected chi connectivity index (χ2v) is 7.67. The Bertz CT molecular complexity index is 1070. The minimum atomic E-state index is -0.727. The molecular formula is C24H22ClN3O3. The van der Waals surface area contributed by atoms with Gasteiger partial charge in [-0.3, -0.25) is 14.5 Å². The number of ether oxygens (including phenoxy) is 1. The predicted octanol–water partition coefficient (Wildman–Crippen LogP) is 4.30. The van der Waals surface area contributed by atoms with Crippen molar-refractivity contribution < 1.29 is 14.3 Å². The van der Waals surface area contributed by atoms with E-state index in [9.17, 15) is 9.59 Å². The molecule has 4 rings (SSSR count). The molecule has 0 bridgehead atoms. The Kier molecular flexibility index (Phi) is 6.48. The maximum absolute atomic E-state index is 13.2. The van der Waals surface area contributed by atoms with Gasteiger partial charge in [-0.15, -0.1) is 0 Å². The van der Waals surface area contributed by atoms with Gasteiger partial charge in [-0.05, 0) is 36.2 Å². The first kappa shape index (κ1) is 20.9. The van der Waals surface area contributed by atoms with Gasteiger partial charge in [0.15, 0.2) is 11.6 Å². The number of benzene rings is 2. The third-order valence-corrected chi connectivity index (χ3v) is 5.24. The van der Waals surface area contributed by atoms with Crippen molar-refractivity contribution in [2.75, 3.05) is 11.4 Å². The molecule has 2 heterocycles. The number of amides is 2. The number of nitrogens with zero attached hydrogens (tertiary/aromatic N) is 2. The van der Waals surface area contributed by atoms with Crippen LogP contribution in [-0.4, -0.2) is 23.3 Å². The van der Waals surface area contributed by atoms with Gasteiger partial charge in [0.2, 0.25) is 12.0 Å². The Morgan fingerprint density at radius 2 is 1.94 bits per heavy atom. The number of hydrogen-bond acceptors (Lipinski definition) is 4. The van der Waals surface area contributed by atoms with E-state index in [2.05, 4.69) is 10.3 Å². The first-order valence-electron chi connectivity index (χ1n) is 10.1. The summed E-state index contributed by atoms with van der Waals surface area (Å²) in [7, 11) is 0. The zero-order chi connectivity index (χ0) is 21.6. The number of anilines is 1. The molecule has 0 aliphatic carbocycles. The highest BCUT2D eigenvalue weighted by Crippen LogP contribution is 2.37. The van der Waals surface area contributed by atoms with Gasteiger partial charge >= 0.3 is 0 Å². The minimum absolute atomic E-state index is 0.0819. The molecular weight excluding hydrogens is 414 g/mol. The SMILES string of the molecule is O=C(CCCN1C(=O)[C@H](c2ccccc2)Oc2cccnc21)NCc1cccc(Cl)c1. The van der Waals surface area contributed by atoms with Crippen molar-refractivity contribution in [1.82, 2.24) is 10.3 Å². The van der Waals surface area contributed by atoms with E-state index in [0.717, 1.165) is 11.1 Å². The van der Waals surface area contributed by atoms with E-state index in [1.54, 1.807) is 29.3 Å². The highest BCUT2D eigenvalue weighted by molar-refractivity contribution is 6.30. The fraction of sp³-hybridized carbons (Fsp3) is 0.208. The van der Waals surface area contributed by atoms with Gasteiger partial charge in [0, 0.05) is 36.3 Å². The summed E-state index contributed by atoms with van der Waals surface area (Å²) in [5.74, 6) is 0.777. The third-order valence-electron chi connectivity index (χ3n) is 5.01. The normalized spacial score (nSPS) is 15.2. The molecule has 0 fully saturated rings. The highest BCUT2D eigenvalue weighted by Gasteiger charge is 2.36. The van der Waals surface area contributed by atoms with E-state index >= 15 is 0 Å². The third kappa shape index (κ3) is 5.03. The van der Waals surface area contributed by atoms with Crippen LogP contribution in [0.3, 0.4) is 0 Å². The molecule has 2 amide bonds. The molecule has 2 aromatic carbocycles. The lowest BCUT2D eigenvalue weighted by Crippen LogP contribution is -2.42. The average Bonchev–Trinajstić information content (AvgIpc) is 2.79. The second kappa shape index (κ2) is 9.62. The molecule has 0 saturated carbocycles. The number of hydrogen-bond donors (Lipinski definition) is 1. The summed E-state index contributed by atoms with van der Waals surface area (Å²) in [5, 5.41) is 3.52. The summed E-state index contributed by atoms with van der Waals surface area (Å²) in [5.41, 5.74) is 1.72. The van der Waals surface area contributed by atoms with Crippen molar-refractivity contribution >= 4 is 29.2 Å². The Hall–Kier alpha value is -3.38. The number of halogens is 1. The molecule has 7 heteroatoms. The van der Waals surface area contributed by atoms with Crippen LogP contribution in [0.2, 0.25) is 5.02 Å². The Labute approximate surface area is 185 Å². The molecule has 1 aliphatic rings. The predicted molar refractivity (Wildman–Crippen MR) is 119 cm³/mol. The Balaban J connectivity index is 1.38. The van der Waals surface area contributed by atoms with E-state index in [1.807, 2.05) is 48.5 Å². The van der Waals surface area contributed by atoms with Crippen LogP contribution in [0.15, 0.2) is 72.9 Å². The zero-order valence-electron chi connectivity index (χ0n) is 16.8. The van der Waals surface area contributed by atoms with Crippen molar-refractivity contribution in [3.8, 4) is 5.75 Å². The maximum Gasteiger partial charge on any atom is 0.274 e. The lowest BCUT2D eigenvalue weighted by Gasteiger charge is -2.33. The van der Waals surface area contributed by atoms with Crippen LogP contribution in [0.5, 0.6) is 5.75 Å². The lowest BCUT2D eigenvalue weighted by atomic mass is 10.1. The average molecular weight is 436 g/mol. The van der Waals surface area contributed by atoms with Crippen LogP contribution in [0.25, 0.3) is 0 Å². The smallest absolute Gasteiger partial charge is 0.274 e. The first-order chi connectivity index (χ1) is 15.1. The second-order valence-electron chi connectivity index (χ2n) is 7.23. The minimum Gasteiger partial charge on any atom is -0.472 e. The summed E-state index contributed by atoms with van der Waals surface area (Å²) in [6.07, 6.45) is 1.70. The van der Waals surface area contributed by atoms with E-state index < -0.39 is 6.10 Å². The van der Waals surface area contributed by atoms with E-state index in [1.165, 1.54) is 0 Å². The van der Waals surface area contributed by atoms with Crippen LogP contribution in [0.4, 0.5) is 5.82 Å². The largest absolute Gasteiger partial charge is 0.472 e. The van der Waals surface area contributed by atoms with Crippen molar-refractivity contribution in [3.05, 3.63) is 89.1 Å².